The van der Waals surface area contributed by atoms with Gasteiger partial charge < -0.3 is 5.32 Å². The van der Waals surface area contributed by atoms with E-state index in [1.54, 1.807) is 0 Å². The number of carbonyl (C=O) groups excluding carboxylic acids is 1. The summed E-state index contributed by atoms with van der Waals surface area (Å²) in [6.07, 6.45) is 1.65. The third kappa shape index (κ3) is 3.61. The normalized spacial score (nSPS) is 19.2. The van der Waals surface area contributed by atoms with Crippen molar-refractivity contribution in [3.8, 4) is 10.6 Å². The van der Waals surface area contributed by atoms with Gasteiger partial charge in [-0.25, -0.2) is 13.4 Å². The molecule has 114 valence electrons. The van der Waals surface area contributed by atoms with Crippen LogP contribution in [0.15, 0.2) is 47.2 Å². The molecule has 0 spiro atoms. The van der Waals surface area contributed by atoms with Gasteiger partial charge in [-0.2, -0.15) is 0 Å². The zero-order chi connectivity index (χ0) is 15.6. The molecule has 7 heteroatoms. The number of thiazole rings is 1. The van der Waals surface area contributed by atoms with Crippen LogP contribution in [0.25, 0.3) is 10.6 Å². The van der Waals surface area contributed by atoms with E-state index >= 15 is 0 Å². The van der Waals surface area contributed by atoms with E-state index in [0.717, 1.165) is 16.0 Å². The van der Waals surface area contributed by atoms with Gasteiger partial charge >= 0.3 is 0 Å². The number of carbonyl (C=O) groups is 1. The van der Waals surface area contributed by atoms with Gasteiger partial charge in [0.05, 0.1) is 23.9 Å². The van der Waals surface area contributed by atoms with Gasteiger partial charge in [0, 0.05) is 16.4 Å². The summed E-state index contributed by atoms with van der Waals surface area (Å²) in [6.45, 7) is 0. The second-order valence-electron chi connectivity index (χ2n) is 5.02. The molecule has 1 aromatic heterocycles. The Morgan fingerprint density at radius 2 is 2.09 bits per heavy atom. The molecule has 2 heterocycles. The standard InChI is InChI=1S/C15H14N2O3S2/c18-14(16-12-6-7-22(19,20)10-12)8-13-9-21-15(17-13)11-4-2-1-3-5-11/h1-7,9,12H,8,10H2,(H,16,18)/t12-/m1/s1. The van der Waals surface area contributed by atoms with Crippen molar-refractivity contribution in [3.05, 3.63) is 52.9 Å². The lowest BCUT2D eigenvalue weighted by molar-refractivity contribution is -0.120. The van der Waals surface area contributed by atoms with Crippen LogP contribution < -0.4 is 5.32 Å². The van der Waals surface area contributed by atoms with Crippen molar-refractivity contribution in [1.82, 2.24) is 10.3 Å². The molecule has 3 rings (SSSR count). The van der Waals surface area contributed by atoms with Gasteiger partial charge in [-0.15, -0.1) is 11.3 Å². The molecule has 22 heavy (non-hydrogen) atoms. The smallest absolute Gasteiger partial charge is 0.226 e. The number of aromatic nitrogens is 1. The Bertz CT molecular complexity index is 810. The van der Waals surface area contributed by atoms with Crippen molar-refractivity contribution in [2.45, 2.75) is 12.5 Å². The van der Waals surface area contributed by atoms with Gasteiger partial charge in [0.1, 0.15) is 5.01 Å². The Morgan fingerprint density at radius 3 is 2.77 bits per heavy atom. The van der Waals surface area contributed by atoms with Crippen molar-refractivity contribution in [2.24, 2.45) is 0 Å². The predicted molar refractivity (Wildman–Crippen MR) is 86.1 cm³/mol. The van der Waals surface area contributed by atoms with Crippen LogP contribution in [0.5, 0.6) is 0 Å². The van der Waals surface area contributed by atoms with Gasteiger partial charge in [0.15, 0.2) is 9.84 Å². The van der Waals surface area contributed by atoms with E-state index in [4.69, 9.17) is 0 Å². The Labute approximate surface area is 132 Å². The molecule has 0 aliphatic carbocycles. The fourth-order valence-electron chi connectivity index (χ4n) is 2.19. The van der Waals surface area contributed by atoms with Gasteiger partial charge in [-0.3, -0.25) is 4.79 Å². The Balaban J connectivity index is 1.61. The molecule has 0 fully saturated rings. The highest BCUT2D eigenvalue weighted by Gasteiger charge is 2.23. The lowest BCUT2D eigenvalue weighted by atomic mass is 10.2. The average Bonchev–Trinajstić information content (AvgIpc) is 3.06. The highest BCUT2D eigenvalue weighted by atomic mass is 32.2. The van der Waals surface area contributed by atoms with Crippen LogP contribution in [0.1, 0.15) is 5.69 Å². The first-order valence-electron chi connectivity index (χ1n) is 6.72. The summed E-state index contributed by atoms with van der Waals surface area (Å²) in [4.78, 5) is 16.4. The molecule has 5 nitrogen and oxygen atoms in total. The van der Waals surface area contributed by atoms with E-state index in [0.29, 0.717) is 5.69 Å². The number of hydrogen-bond acceptors (Lipinski definition) is 5. The summed E-state index contributed by atoms with van der Waals surface area (Å²) in [5, 5.41) is 6.56. The third-order valence-electron chi connectivity index (χ3n) is 3.19. The molecule has 0 saturated carbocycles. The number of rotatable bonds is 4. The van der Waals surface area contributed by atoms with Gasteiger partial charge in [0.25, 0.3) is 0 Å². The van der Waals surface area contributed by atoms with E-state index in [9.17, 15) is 13.2 Å². The number of hydrogen-bond donors (Lipinski definition) is 1. The van der Waals surface area contributed by atoms with Crippen molar-refractivity contribution in [3.63, 3.8) is 0 Å². The second-order valence-corrected chi connectivity index (χ2v) is 7.81. The minimum Gasteiger partial charge on any atom is -0.348 e. The summed E-state index contributed by atoms with van der Waals surface area (Å²) in [7, 11) is -3.15. The average molecular weight is 334 g/mol. The van der Waals surface area contributed by atoms with Crippen LogP contribution >= 0.6 is 11.3 Å². The molecule has 1 aliphatic rings. The van der Waals surface area contributed by atoms with Crippen LogP contribution in [-0.2, 0) is 21.1 Å². The molecule has 1 N–H and O–H groups in total. The van der Waals surface area contributed by atoms with E-state index in [-0.39, 0.29) is 18.1 Å². The molecule has 2 aromatic rings. The van der Waals surface area contributed by atoms with E-state index < -0.39 is 15.9 Å². The maximum atomic E-state index is 12.0. The molecule has 0 radical (unpaired) electrons. The number of amides is 1. The molecule has 1 aromatic carbocycles. The number of sulfone groups is 1. The third-order valence-corrected chi connectivity index (χ3v) is 5.53. The predicted octanol–water partition coefficient (Wildman–Crippen LogP) is 1.78. The topological polar surface area (TPSA) is 76.1 Å². The van der Waals surface area contributed by atoms with Gasteiger partial charge in [-0.1, -0.05) is 30.3 Å². The molecular formula is C15H14N2O3S2. The van der Waals surface area contributed by atoms with Crippen molar-refractivity contribution in [2.75, 3.05) is 5.75 Å². The van der Waals surface area contributed by atoms with Crippen molar-refractivity contribution >= 4 is 27.1 Å². The number of nitrogens with one attached hydrogen (secondary N) is 1. The summed E-state index contributed by atoms with van der Waals surface area (Å²) < 4.78 is 22.6. The first-order valence-corrected chi connectivity index (χ1v) is 9.31. The first-order chi connectivity index (χ1) is 10.5. The second kappa shape index (κ2) is 6.02. The quantitative estimate of drug-likeness (QED) is 0.925. The fraction of sp³-hybridized carbons (Fsp3) is 0.200. The van der Waals surface area contributed by atoms with Gasteiger partial charge in [-0.05, 0) is 6.08 Å². The Morgan fingerprint density at radius 1 is 1.32 bits per heavy atom. The lowest BCUT2D eigenvalue weighted by Gasteiger charge is -2.08. The molecular weight excluding hydrogens is 320 g/mol. The maximum absolute atomic E-state index is 12.0. The maximum Gasteiger partial charge on any atom is 0.226 e. The molecule has 0 unspecified atom stereocenters. The summed E-state index contributed by atoms with van der Waals surface area (Å²) in [5.41, 5.74) is 1.70. The SMILES string of the molecule is O=C(Cc1csc(-c2ccccc2)n1)N[C@@H]1C=CS(=O)(=O)C1. The monoisotopic (exact) mass is 334 g/mol. The highest BCUT2D eigenvalue weighted by Crippen LogP contribution is 2.23. The minimum atomic E-state index is -3.15. The summed E-state index contributed by atoms with van der Waals surface area (Å²) >= 11 is 1.49. The largest absolute Gasteiger partial charge is 0.348 e. The minimum absolute atomic E-state index is 0.0644. The summed E-state index contributed by atoms with van der Waals surface area (Å²) in [5.74, 6) is -0.290. The van der Waals surface area contributed by atoms with Crippen LogP contribution in [0, 0.1) is 0 Å². The Kier molecular flexibility index (Phi) is 4.08. The zero-order valence-electron chi connectivity index (χ0n) is 11.6. The van der Waals surface area contributed by atoms with Crippen molar-refractivity contribution in [1.29, 1.82) is 0 Å². The zero-order valence-corrected chi connectivity index (χ0v) is 13.2. The number of nitrogens with zero attached hydrogens (tertiary/aromatic N) is 1. The first kappa shape index (κ1) is 14.9. The van der Waals surface area contributed by atoms with Crippen LogP contribution in [0.3, 0.4) is 0 Å². The van der Waals surface area contributed by atoms with E-state index in [1.165, 1.54) is 17.4 Å². The van der Waals surface area contributed by atoms with Crippen LogP contribution in [0.2, 0.25) is 0 Å². The summed E-state index contributed by atoms with van der Waals surface area (Å²) in [6, 6.07) is 9.32. The highest BCUT2D eigenvalue weighted by molar-refractivity contribution is 7.94. The Hall–Kier alpha value is -1.99. The lowest BCUT2D eigenvalue weighted by Crippen LogP contribution is -2.36. The molecule has 1 amide bonds. The molecule has 1 aliphatic heterocycles. The molecule has 0 bridgehead atoms. The van der Waals surface area contributed by atoms with E-state index in [1.807, 2.05) is 35.7 Å². The molecule has 1 atom stereocenters. The van der Waals surface area contributed by atoms with Crippen LogP contribution in [0.4, 0.5) is 0 Å². The van der Waals surface area contributed by atoms with Crippen LogP contribution in [-0.4, -0.2) is 31.1 Å². The number of benzene rings is 1. The fourth-order valence-corrected chi connectivity index (χ4v) is 4.25. The molecule has 0 saturated heterocycles. The van der Waals surface area contributed by atoms with Gasteiger partial charge in [0.2, 0.25) is 5.91 Å². The van der Waals surface area contributed by atoms with Crippen molar-refractivity contribution < 1.29 is 13.2 Å². The van der Waals surface area contributed by atoms with E-state index in [2.05, 4.69) is 10.3 Å².